The molecule has 15 heteroatoms. The zero-order valence-electron chi connectivity index (χ0n) is 28.2. The standard InChI is InChI=1S/C37H38N2O8S5/c40-50(41,42)26-10-8-24-38-31-14-4-6-16-33(31)48-35(38)22-20-28-18-19-29(37(28)52(46,47)30-12-2-1-3-13-30)21-23-36-39(25-9-11-27-51(43,44)45)32-15-5-7-17-34(32)49-36/h1-7,12-17,20-23H,8-11,18-19,24-27H2,(H-,40,41,42,43,44,45)/p+1. The maximum atomic E-state index is 14.3. The number of thioether (sulfide) groups is 1. The molecular formula is C37H39N2O8S5+. The Morgan fingerprint density at radius 1 is 0.731 bits per heavy atom. The van der Waals surface area contributed by atoms with Crippen LogP contribution in [-0.2, 0) is 36.6 Å². The van der Waals surface area contributed by atoms with Crippen LogP contribution in [0.15, 0.2) is 128 Å². The number of aryl methyl sites for hydroxylation is 1. The number of nitrogens with zero attached hydrogens (tertiary/aromatic N) is 2. The molecule has 10 nitrogen and oxygen atoms in total. The zero-order chi connectivity index (χ0) is 36.9. The fourth-order valence-corrected chi connectivity index (χ4v) is 11.5. The molecule has 0 saturated heterocycles. The topological polar surface area (TPSA) is 150 Å². The van der Waals surface area contributed by atoms with Crippen molar-refractivity contribution in [2.24, 2.45) is 0 Å². The van der Waals surface area contributed by atoms with Crippen LogP contribution in [0.1, 0.15) is 43.5 Å². The summed E-state index contributed by atoms with van der Waals surface area (Å²) in [7, 11) is -12.0. The van der Waals surface area contributed by atoms with E-state index in [1.165, 1.54) is 0 Å². The van der Waals surface area contributed by atoms with Crippen LogP contribution in [0.5, 0.6) is 0 Å². The number of benzene rings is 3. The number of allylic oxidation sites excluding steroid dienone is 5. The highest BCUT2D eigenvalue weighted by atomic mass is 32.2. The number of fused-ring (bicyclic) bond motifs is 2. The fraction of sp³-hybridized carbons (Fsp3) is 0.270. The molecule has 3 aromatic carbocycles. The van der Waals surface area contributed by atoms with Crippen molar-refractivity contribution >= 4 is 75.2 Å². The number of aromatic nitrogens is 1. The smallest absolute Gasteiger partial charge is 0.264 e. The largest absolute Gasteiger partial charge is 0.335 e. The van der Waals surface area contributed by atoms with Crippen LogP contribution in [0.2, 0.25) is 0 Å². The summed E-state index contributed by atoms with van der Waals surface area (Å²) in [6.07, 6.45) is 10.3. The van der Waals surface area contributed by atoms with Crippen molar-refractivity contribution in [3.63, 3.8) is 0 Å². The van der Waals surface area contributed by atoms with Crippen LogP contribution in [0.4, 0.5) is 5.69 Å². The normalized spacial score (nSPS) is 17.0. The van der Waals surface area contributed by atoms with Crippen LogP contribution < -0.4 is 9.47 Å². The zero-order valence-corrected chi connectivity index (χ0v) is 32.2. The van der Waals surface area contributed by atoms with Gasteiger partial charge >= 0.3 is 0 Å². The number of thiazole rings is 1. The van der Waals surface area contributed by atoms with E-state index < -0.39 is 30.1 Å². The molecule has 52 heavy (non-hydrogen) atoms. The Kier molecular flexibility index (Phi) is 11.9. The lowest BCUT2D eigenvalue weighted by Gasteiger charge is -2.20. The highest BCUT2D eigenvalue weighted by molar-refractivity contribution is 8.03. The lowest BCUT2D eigenvalue weighted by atomic mass is 10.2. The van der Waals surface area contributed by atoms with Gasteiger partial charge in [0.05, 0.1) is 32.0 Å². The minimum atomic E-state index is -4.05. The summed E-state index contributed by atoms with van der Waals surface area (Å²) in [5.74, 6) is -0.619. The van der Waals surface area contributed by atoms with Crippen LogP contribution in [-0.4, -0.2) is 52.4 Å². The molecule has 2 heterocycles. The van der Waals surface area contributed by atoms with E-state index in [1.807, 2.05) is 72.8 Å². The van der Waals surface area contributed by atoms with E-state index in [4.69, 9.17) is 0 Å². The van der Waals surface area contributed by atoms with Crippen LogP contribution >= 0.6 is 23.1 Å². The first kappa shape index (κ1) is 38.2. The molecular weight excluding hydrogens is 761 g/mol. The van der Waals surface area contributed by atoms with Gasteiger partial charge in [0.15, 0.2) is 6.54 Å². The van der Waals surface area contributed by atoms with E-state index in [-0.39, 0.29) is 21.3 Å². The summed E-state index contributed by atoms with van der Waals surface area (Å²) in [6.45, 7) is 1.05. The van der Waals surface area contributed by atoms with E-state index in [9.17, 15) is 34.4 Å². The summed E-state index contributed by atoms with van der Waals surface area (Å²) < 4.78 is 95.3. The Morgan fingerprint density at radius 2 is 1.40 bits per heavy atom. The average Bonchev–Trinajstić information content (AvgIpc) is 3.79. The lowest BCUT2D eigenvalue weighted by molar-refractivity contribution is -0.669. The Hall–Kier alpha value is -3.57. The van der Waals surface area contributed by atoms with Gasteiger partial charge in [-0.2, -0.15) is 21.4 Å². The van der Waals surface area contributed by atoms with Gasteiger partial charge in [-0.05, 0) is 79.7 Å². The van der Waals surface area contributed by atoms with Crippen molar-refractivity contribution in [1.82, 2.24) is 0 Å². The molecule has 1 aliphatic carbocycles. The fourth-order valence-electron chi connectivity index (χ4n) is 6.35. The van der Waals surface area contributed by atoms with Gasteiger partial charge in [0.25, 0.3) is 25.2 Å². The van der Waals surface area contributed by atoms with Gasteiger partial charge in [0.2, 0.25) is 15.4 Å². The minimum Gasteiger partial charge on any atom is -0.335 e. The summed E-state index contributed by atoms with van der Waals surface area (Å²) >= 11 is 3.13. The second-order valence-electron chi connectivity index (χ2n) is 12.5. The second-order valence-corrected chi connectivity index (χ2v) is 19.6. The summed E-state index contributed by atoms with van der Waals surface area (Å²) in [4.78, 5) is 3.62. The molecule has 0 unspecified atom stereocenters. The average molecular weight is 800 g/mol. The molecule has 0 spiro atoms. The molecule has 2 N–H and O–H groups in total. The predicted octanol–water partition coefficient (Wildman–Crippen LogP) is 7.44. The number of rotatable bonds is 15. The molecule has 1 aliphatic heterocycles. The Bertz CT molecular complexity index is 2410. The maximum Gasteiger partial charge on any atom is 0.264 e. The van der Waals surface area contributed by atoms with Gasteiger partial charge in [-0.15, -0.1) is 0 Å². The van der Waals surface area contributed by atoms with Crippen molar-refractivity contribution < 1.29 is 38.9 Å². The highest BCUT2D eigenvalue weighted by Crippen LogP contribution is 2.46. The van der Waals surface area contributed by atoms with Gasteiger partial charge in [-0.3, -0.25) is 9.11 Å². The van der Waals surface area contributed by atoms with E-state index in [0.717, 1.165) is 30.8 Å². The SMILES string of the molecule is O=S(=O)(O)CCCCN1/C(=C/C=C2\CCC(/C=C/c3sc4ccccc4[n+]3CCCCS(=O)(=O)O)=C2S(=O)(=O)c2ccccc2)Sc2ccccc21. The first-order chi connectivity index (χ1) is 24.8. The number of hydrogen-bond acceptors (Lipinski definition) is 9. The molecule has 274 valence electrons. The number of anilines is 1. The molecule has 0 saturated carbocycles. The van der Waals surface area contributed by atoms with E-state index in [0.29, 0.717) is 62.8 Å². The summed E-state index contributed by atoms with van der Waals surface area (Å²) in [5, 5.41) is 1.78. The predicted molar refractivity (Wildman–Crippen MR) is 208 cm³/mol. The van der Waals surface area contributed by atoms with Gasteiger partial charge in [0, 0.05) is 30.0 Å². The summed E-state index contributed by atoms with van der Waals surface area (Å²) in [6, 6.07) is 24.2. The third-order valence-electron chi connectivity index (χ3n) is 8.76. The second kappa shape index (κ2) is 16.2. The number of hydrogen-bond donors (Lipinski definition) is 2. The van der Waals surface area contributed by atoms with E-state index in [1.54, 1.807) is 53.4 Å². The third-order valence-corrected chi connectivity index (χ3v) is 14.6. The first-order valence-electron chi connectivity index (χ1n) is 16.8. The molecule has 0 atom stereocenters. The van der Waals surface area contributed by atoms with Crippen molar-refractivity contribution in [2.75, 3.05) is 23.0 Å². The van der Waals surface area contributed by atoms with Crippen molar-refractivity contribution in [2.45, 2.75) is 54.9 Å². The number of unbranched alkanes of at least 4 members (excludes halogenated alkanes) is 2. The van der Waals surface area contributed by atoms with Gasteiger partial charge in [-0.1, -0.05) is 77.7 Å². The molecule has 0 fully saturated rings. The Balaban J connectivity index is 1.35. The lowest BCUT2D eigenvalue weighted by Crippen LogP contribution is -2.35. The highest BCUT2D eigenvalue weighted by Gasteiger charge is 2.32. The van der Waals surface area contributed by atoms with E-state index >= 15 is 0 Å². The van der Waals surface area contributed by atoms with Crippen LogP contribution in [0.3, 0.4) is 0 Å². The minimum absolute atomic E-state index is 0.204. The molecule has 0 amide bonds. The van der Waals surface area contributed by atoms with Crippen molar-refractivity contribution in [1.29, 1.82) is 0 Å². The van der Waals surface area contributed by atoms with Crippen LogP contribution in [0, 0.1) is 0 Å². The molecule has 6 rings (SSSR count). The quantitative estimate of drug-likeness (QED) is 0.0706. The molecule has 0 radical (unpaired) electrons. The monoisotopic (exact) mass is 799 g/mol. The molecule has 0 bridgehead atoms. The molecule has 2 aliphatic rings. The van der Waals surface area contributed by atoms with Crippen molar-refractivity contribution in [3.8, 4) is 0 Å². The molecule has 1 aromatic heterocycles. The first-order valence-corrected chi connectivity index (χ1v) is 23.1. The third kappa shape index (κ3) is 9.31. The summed E-state index contributed by atoms with van der Waals surface area (Å²) in [5.41, 5.74) is 3.35. The van der Waals surface area contributed by atoms with Gasteiger partial charge in [-0.25, -0.2) is 8.42 Å². The number of para-hydroxylation sites is 2. The Labute approximate surface area is 313 Å². The molecule has 4 aromatic rings. The Morgan fingerprint density at radius 3 is 2.15 bits per heavy atom. The van der Waals surface area contributed by atoms with Gasteiger partial charge in [0.1, 0.15) is 4.70 Å². The number of sulfone groups is 1. The van der Waals surface area contributed by atoms with Gasteiger partial charge < -0.3 is 4.90 Å². The van der Waals surface area contributed by atoms with E-state index in [2.05, 4.69) is 9.47 Å². The van der Waals surface area contributed by atoms with Crippen molar-refractivity contribution in [3.05, 3.63) is 123 Å². The maximum absolute atomic E-state index is 14.3. The van der Waals surface area contributed by atoms with Crippen LogP contribution in [0.25, 0.3) is 16.3 Å².